The first-order valence-corrected chi connectivity index (χ1v) is 9.98. The van der Waals surface area contributed by atoms with E-state index in [0.717, 1.165) is 27.3 Å². The number of carboxylic acids is 1. The molecule has 0 aliphatic rings. The summed E-state index contributed by atoms with van der Waals surface area (Å²) in [4.78, 5) is 30.3. The van der Waals surface area contributed by atoms with Crippen molar-refractivity contribution in [3.8, 4) is 17.0 Å². The van der Waals surface area contributed by atoms with Gasteiger partial charge in [0, 0.05) is 10.4 Å². The van der Waals surface area contributed by atoms with Crippen LogP contribution in [0.2, 0.25) is 0 Å². The van der Waals surface area contributed by atoms with Crippen LogP contribution in [0.3, 0.4) is 0 Å². The minimum absolute atomic E-state index is 0.0192. The zero-order valence-corrected chi connectivity index (χ0v) is 17.1. The van der Waals surface area contributed by atoms with E-state index in [9.17, 15) is 14.7 Å². The van der Waals surface area contributed by atoms with Gasteiger partial charge < -0.3 is 9.84 Å². The van der Waals surface area contributed by atoms with Crippen molar-refractivity contribution in [2.24, 2.45) is 0 Å². The molecule has 3 aromatic carbocycles. The molecule has 30 heavy (non-hydrogen) atoms. The zero-order valence-electron chi connectivity index (χ0n) is 16.3. The average molecular weight is 418 g/mol. The van der Waals surface area contributed by atoms with Gasteiger partial charge in [0.15, 0.2) is 5.13 Å². The normalized spacial score (nSPS) is 10.7. The second-order valence-corrected chi connectivity index (χ2v) is 7.82. The highest BCUT2D eigenvalue weighted by Gasteiger charge is 2.21. The Morgan fingerprint density at radius 1 is 1.03 bits per heavy atom. The molecule has 0 radical (unpaired) electrons. The highest BCUT2D eigenvalue weighted by atomic mass is 32.1. The van der Waals surface area contributed by atoms with Crippen LogP contribution < -0.4 is 10.1 Å². The van der Waals surface area contributed by atoms with Gasteiger partial charge in [0.05, 0.1) is 23.9 Å². The number of amides is 1. The number of aryl methyl sites for hydroxylation is 1. The van der Waals surface area contributed by atoms with Crippen LogP contribution in [0.4, 0.5) is 5.13 Å². The highest BCUT2D eigenvalue weighted by molar-refractivity contribution is 7.16. The van der Waals surface area contributed by atoms with E-state index in [0.29, 0.717) is 10.5 Å². The quantitative estimate of drug-likeness (QED) is 0.463. The van der Waals surface area contributed by atoms with Gasteiger partial charge >= 0.3 is 5.97 Å². The molecule has 0 bridgehead atoms. The minimum atomic E-state index is -1.15. The Labute approximate surface area is 176 Å². The van der Waals surface area contributed by atoms with E-state index in [1.54, 1.807) is 25.3 Å². The molecule has 4 rings (SSSR count). The molecule has 0 atom stereocenters. The lowest BCUT2D eigenvalue weighted by atomic mass is 9.98. The summed E-state index contributed by atoms with van der Waals surface area (Å²) in [7, 11) is 1.61. The summed E-state index contributed by atoms with van der Waals surface area (Å²) in [6, 6.07) is 17.9. The van der Waals surface area contributed by atoms with E-state index >= 15 is 0 Å². The number of methoxy groups -OCH3 is 1. The number of ether oxygens (including phenoxy) is 1. The zero-order chi connectivity index (χ0) is 21.3. The number of thiazole rings is 1. The van der Waals surface area contributed by atoms with Crippen LogP contribution in [0.25, 0.3) is 22.0 Å². The second kappa shape index (κ2) is 7.96. The van der Waals surface area contributed by atoms with Crippen LogP contribution in [0.15, 0.2) is 60.7 Å². The molecule has 6 nitrogen and oxygen atoms in total. The van der Waals surface area contributed by atoms with Crippen LogP contribution in [-0.4, -0.2) is 29.1 Å². The third-order valence-corrected chi connectivity index (χ3v) is 5.65. The van der Waals surface area contributed by atoms with Crippen molar-refractivity contribution in [1.82, 2.24) is 4.98 Å². The number of aromatic carboxylic acids is 1. The summed E-state index contributed by atoms with van der Waals surface area (Å²) in [6.45, 7) is 1.92. The molecule has 0 spiro atoms. The SMILES string of the molecule is COc1ccc(-c2nc(NC(=O)c3ccc4ccccc4c3C(=O)O)sc2C)cc1. The minimum Gasteiger partial charge on any atom is -0.497 e. The Morgan fingerprint density at radius 2 is 1.77 bits per heavy atom. The van der Waals surface area contributed by atoms with Gasteiger partial charge in [0.2, 0.25) is 0 Å². The van der Waals surface area contributed by atoms with Gasteiger partial charge in [-0.25, -0.2) is 9.78 Å². The molecule has 1 amide bonds. The lowest BCUT2D eigenvalue weighted by Gasteiger charge is -2.09. The fraction of sp³-hybridized carbons (Fsp3) is 0.0870. The van der Waals surface area contributed by atoms with Crippen molar-refractivity contribution in [3.05, 3.63) is 76.7 Å². The largest absolute Gasteiger partial charge is 0.497 e. The summed E-state index contributed by atoms with van der Waals surface area (Å²) < 4.78 is 5.18. The van der Waals surface area contributed by atoms with Gasteiger partial charge in [-0.3, -0.25) is 10.1 Å². The molecular formula is C23H18N2O4S. The molecule has 0 saturated carbocycles. The van der Waals surface area contributed by atoms with Crippen molar-refractivity contribution in [3.63, 3.8) is 0 Å². The van der Waals surface area contributed by atoms with Crippen LogP contribution in [0.5, 0.6) is 5.75 Å². The maximum absolute atomic E-state index is 12.9. The second-order valence-electron chi connectivity index (χ2n) is 6.62. The summed E-state index contributed by atoms with van der Waals surface area (Å²) >= 11 is 1.34. The topological polar surface area (TPSA) is 88.5 Å². The number of anilines is 1. The number of carboxylic acid groups (broad SMARTS) is 1. The number of nitrogens with one attached hydrogen (secondary N) is 1. The van der Waals surface area contributed by atoms with Gasteiger partial charge in [-0.1, -0.05) is 30.3 Å². The lowest BCUT2D eigenvalue weighted by Crippen LogP contribution is -2.16. The predicted molar refractivity (Wildman–Crippen MR) is 118 cm³/mol. The van der Waals surface area contributed by atoms with E-state index < -0.39 is 11.9 Å². The smallest absolute Gasteiger partial charge is 0.337 e. The number of fused-ring (bicyclic) bond motifs is 1. The van der Waals surface area contributed by atoms with Crippen molar-refractivity contribution in [2.75, 3.05) is 12.4 Å². The van der Waals surface area contributed by atoms with Crippen molar-refractivity contribution in [1.29, 1.82) is 0 Å². The Kier molecular flexibility index (Phi) is 5.20. The number of rotatable bonds is 5. The van der Waals surface area contributed by atoms with Gasteiger partial charge in [-0.15, -0.1) is 11.3 Å². The maximum atomic E-state index is 12.9. The molecule has 0 unspecified atom stereocenters. The third kappa shape index (κ3) is 3.62. The standard InChI is InChI=1S/C23H18N2O4S/c1-13-20(15-7-10-16(29-2)11-8-15)24-23(30-13)25-21(26)18-12-9-14-5-3-4-6-17(14)19(18)22(27)28/h3-12H,1-2H3,(H,27,28)(H,24,25,26). The molecule has 0 fully saturated rings. The fourth-order valence-corrected chi connectivity index (χ4v) is 4.15. The van der Waals surface area contributed by atoms with Crippen LogP contribution in [-0.2, 0) is 0 Å². The van der Waals surface area contributed by atoms with Crippen LogP contribution in [0, 0.1) is 6.92 Å². The molecule has 150 valence electrons. The summed E-state index contributed by atoms with van der Waals surface area (Å²) in [5, 5.41) is 14.2. The summed E-state index contributed by atoms with van der Waals surface area (Å²) in [5.41, 5.74) is 1.74. The number of benzene rings is 3. The maximum Gasteiger partial charge on any atom is 0.337 e. The highest BCUT2D eigenvalue weighted by Crippen LogP contribution is 2.32. The molecule has 1 heterocycles. The van der Waals surface area contributed by atoms with Crippen molar-refractivity contribution < 1.29 is 19.4 Å². The summed E-state index contributed by atoms with van der Waals surface area (Å²) in [5.74, 6) is -0.906. The summed E-state index contributed by atoms with van der Waals surface area (Å²) in [6.07, 6.45) is 0. The number of hydrogen-bond acceptors (Lipinski definition) is 5. The number of carbonyl (C=O) groups excluding carboxylic acids is 1. The van der Waals surface area contributed by atoms with Gasteiger partial charge in [-0.2, -0.15) is 0 Å². The Hall–Kier alpha value is -3.71. The molecular weight excluding hydrogens is 400 g/mol. The number of aromatic nitrogens is 1. The van der Waals surface area contributed by atoms with Crippen LogP contribution >= 0.6 is 11.3 Å². The monoisotopic (exact) mass is 418 g/mol. The van der Waals surface area contributed by atoms with Crippen molar-refractivity contribution >= 4 is 39.1 Å². The first-order valence-electron chi connectivity index (χ1n) is 9.16. The van der Waals surface area contributed by atoms with E-state index in [1.807, 2.05) is 43.3 Å². The van der Waals surface area contributed by atoms with Gasteiger partial charge in [0.25, 0.3) is 5.91 Å². The van der Waals surface area contributed by atoms with E-state index in [-0.39, 0.29) is 11.1 Å². The van der Waals surface area contributed by atoms with Gasteiger partial charge in [0.1, 0.15) is 5.75 Å². The van der Waals surface area contributed by atoms with E-state index in [4.69, 9.17) is 4.74 Å². The average Bonchev–Trinajstić information content (AvgIpc) is 3.12. The Bertz CT molecular complexity index is 1260. The molecule has 0 aliphatic carbocycles. The molecule has 2 N–H and O–H groups in total. The third-order valence-electron chi connectivity index (χ3n) is 4.77. The lowest BCUT2D eigenvalue weighted by molar-refractivity contribution is 0.0694. The predicted octanol–water partition coefficient (Wildman–Crippen LogP) is 5.23. The number of carbonyl (C=O) groups is 2. The molecule has 4 aromatic rings. The first kappa shape index (κ1) is 19.6. The molecule has 0 saturated heterocycles. The van der Waals surface area contributed by atoms with Gasteiger partial charge in [-0.05, 0) is 48.0 Å². The molecule has 1 aromatic heterocycles. The number of nitrogens with zero attached hydrogens (tertiary/aromatic N) is 1. The molecule has 7 heteroatoms. The van der Waals surface area contributed by atoms with Crippen molar-refractivity contribution in [2.45, 2.75) is 6.92 Å². The number of hydrogen-bond donors (Lipinski definition) is 2. The first-order chi connectivity index (χ1) is 14.5. The molecule has 0 aliphatic heterocycles. The van der Waals surface area contributed by atoms with E-state index in [2.05, 4.69) is 10.3 Å². The Morgan fingerprint density at radius 3 is 2.47 bits per heavy atom. The Balaban J connectivity index is 1.66. The van der Waals surface area contributed by atoms with E-state index in [1.165, 1.54) is 17.4 Å². The van der Waals surface area contributed by atoms with Crippen LogP contribution in [0.1, 0.15) is 25.6 Å². The fourth-order valence-electron chi connectivity index (χ4n) is 3.32.